The van der Waals surface area contributed by atoms with E-state index in [1.54, 1.807) is 31.5 Å². The molecular formula is C15H14ClNO2. The number of phenolic OH excluding ortho intramolecular Hbond substituents is 1. The summed E-state index contributed by atoms with van der Waals surface area (Å²) in [7, 11) is 1.63. The van der Waals surface area contributed by atoms with E-state index in [1.165, 1.54) is 0 Å². The Balaban J connectivity index is 2.08. The monoisotopic (exact) mass is 275 g/mol. The number of hydrogen-bond acceptors (Lipinski definition) is 3. The molecule has 0 aromatic heterocycles. The van der Waals surface area contributed by atoms with Crippen molar-refractivity contribution in [1.29, 1.82) is 0 Å². The number of methoxy groups -OCH3 is 1. The summed E-state index contributed by atoms with van der Waals surface area (Å²) < 4.78 is 5.14. The zero-order chi connectivity index (χ0) is 13.7. The van der Waals surface area contributed by atoms with Crippen molar-refractivity contribution in [2.75, 3.05) is 7.11 Å². The maximum atomic E-state index is 9.64. The SMILES string of the molecule is COc1cccc(CN=Cc2cc(Cl)ccc2O)c1. The number of nitrogens with zero attached hydrogens (tertiary/aromatic N) is 1. The lowest BCUT2D eigenvalue weighted by molar-refractivity contribution is 0.414. The first-order valence-corrected chi connectivity index (χ1v) is 6.18. The first-order chi connectivity index (χ1) is 9.19. The molecule has 0 spiro atoms. The fourth-order valence-electron chi connectivity index (χ4n) is 1.65. The predicted octanol–water partition coefficient (Wildman–Crippen LogP) is 3.67. The molecule has 0 saturated heterocycles. The van der Waals surface area contributed by atoms with Gasteiger partial charge in [-0.15, -0.1) is 0 Å². The van der Waals surface area contributed by atoms with Crippen LogP contribution in [0.1, 0.15) is 11.1 Å². The maximum absolute atomic E-state index is 9.64. The standard InChI is InChI=1S/C15H14ClNO2/c1-19-14-4-2-3-11(7-14)9-17-10-12-8-13(16)5-6-15(12)18/h2-8,10,18H,9H2,1H3. The Hall–Kier alpha value is -2.00. The van der Waals surface area contributed by atoms with E-state index >= 15 is 0 Å². The van der Waals surface area contributed by atoms with Crippen molar-refractivity contribution in [3.8, 4) is 11.5 Å². The quantitative estimate of drug-likeness (QED) is 0.865. The van der Waals surface area contributed by atoms with Crippen molar-refractivity contribution < 1.29 is 9.84 Å². The van der Waals surface area contributed by atoms with Crippen molar-refractivity contribution in [3.05, 3.63) is 58.6 Å². The van der Waals surface area contributed by atoms with E-state index in [0.717, 1.165) is 11.3 Å². The summed E-state index contributed by atoms with van der Waals surface area (Å²) in [5.41, 5.74) is 1.65. The van der Waals surface area contributed by atoms with Gasteiger partial charge in [0.15, 0.2) is 0 Å². The highest BCUT2D eigenvalue weighted by molar-refractivity contribution is 6.30. The minimum atomic E-state index is 0.166. The first-order valence-electron chi connectivity index (χ1n) is 5.80. The molecule has 4 heteroatoms. The molecule has 2 aromatic rings. The molecule has 2 aromatic carbocycles. The topological polar surface area (TPSA) is 41.8 Å². The van der Waals surface area contributed by atoms with E-state index in [1.807, 2.05) is 24.3 Å². The number of halogens is 1. The second kappa shape index (κ2) is 6.25. The average Bonchev–Trinajstić information content (AvgIpc) is 2.43. The van der Waals surface area contributed by atoms with E-state index < -0.39 is 0 Å². The van der Waals surface area contributed by atoms with Gasteiger partial charge in [0.1, 0.15) is 11.5 Å². The minimum Gasteiger partial charge on any atom is -0.507 e. The first kappa shape index (κ1) is 13.4. The molecule has 0 aliphatic rings. The van der Waals surface area contributed by atoms with Crippen molar-refractivity contribution in [3.63, 3.8) is 0 Å². The lowest BCUT2D eigenvalue weighted by atomic mass is 10.2. The zero-order valence-corrected chi connectivity index (χ0v) is 11.3. The second-order valence-corrected chi connectivity index (χ2v) is 4.46. The van der Waals surface area contributed by atoms with Crippen LogP contribution in [0.15, 0.2) is 47.5 Å². The summed E-state index contributed by atoms with van der Waals surface area (Å²) in [6.07, 6.45) is 1.61. The van der Waals surface area contributed by atoms with Gasteiger partial charge in [-0.3, -0.25) is 4.99 Å². The Morgan fingerprint density at radius 3 is 2.89 bits per heavy atom. The molecular weight excluding hydrogens is 262 g/mol. The van der Waals surface area contributed by atoms with Gasteiger partial charge in [0.05, 0.1) is 13.7 Å². The van der Waals surface area contributed by atoms with Gasteiger partial charge in [-0.05, 0) is 35.9 Å². The summed E-state index contributed by atoms with van der Waals surface area (Å²) >= 11 is 5.86. The van der Waals surface area contributed by atoms with Gasteiger partial charge in [-0.2, -0.15) is 0 Å². The summed E-state index contributed by atoms with van der Waals surface area (Å²) in [5, 5.41) is 10.2. The number of rotatable bonds is 4. The summed E-state index contributed by atoms with van der Waals surface area (Å²) in [5.74, 6) is 0.970. The van der Waals surface area contributed by atoms with E-state index in [2.05, 4.69) is 4.99 Å². The van der Waals surface area contributed by atoms with Crippen molar-refractivity contribution >= 4 is 17.8 Å². The average molecular weight is 276 g/mol. The Labute approximate surface area is 117 Å². The third-order valence-electron chi connectivity index (χ3n) is 2.63. The van der Waals surface area contributed by atoms with Crippen LogP contribution in [0.4, 0.5) is 0 Å². The molecule has 0 aliphatic carbocycles. The number of benzene rings is 2. The predicted molar refractivity (Wildman–Crippen MR) is 77.4 cm³/mol. The van der Waals surface area contributed by atoms with Crippen LogP contribution >= 0.6 is 11.6 Å². The van der Waals surface area contributed by atoms with Crippen LogP contribution in [0.3, 0.4) is 0 Å². The maximum Gasteiger partial charge on any atom is 0.124 e. The number of ether oxygens (including phenoxy) is 1. The molecule has 0 unspecified atom stereocenters. The number of aliphatic imine (C=N–C) groups is 1. The van der Waals surface area contributed by atoms with Gasteiger partial charge in [0.25, 0.3) is 0 Å². The molecule has 0 fully saturated rings. The van der Waals surface area contributed by atoms with Gasteiger partial charge in [-0.1, -0.05) is 23.7 Å². The highest BCUT2D eigenvalue weighted by Crippen LogP contribution is 2.20. The second-order valence-electron chi connectivity index (χ2n) is 4.02. The van der Waals surface area contributed by atoms with E-state index in [4.69, 9.17) is 16.3 Å². The van der Waals surface area contributed by atoms with Crippen LogP contribution in [-0.2, 0) is 6.54 Å². The molecule has 0 atom stereocenters. The molecule has 0 saturated carbocycles. The number of hydrogen-bond donors (Lipinski definition) is 1. The van der Waals surface area contributed by atoms with Crippen LogP contribution in [0.5, 0.6) is 11.5 Å². The van der Waals surface area contributed by atoms with Gasteiger partial charge in [0.2, 0.25) is 0 Å². The third-order valence-corrected chi connectivity index (χ3v) is 2.86. The van der Waals surface area contributed by atoms with Gasteiger partial charge >= 0.3 is 0 Å². The van der Waals surface area contributed by atoms with Gasteiger partial charge in [-0.25, -0.2) is 0 Å². The van der Waals surface area contributed by atoms with Crippen LogP contribution < -0.4 is 4.74 Å². The molecule has 0 radical (unpaired) electrons. The molecule has 0 bridgehead atoms. The fourth-order valence-corrected chi connectivity index (χ4v) is 1.83. The summed E-state index contributed by atoms with van der Waals surface area (Å²) in [4.78, 5) is 4.29. The molecule has 0 heterocycles. The molecule has 0 aliphatic heterocycles. The third kappa shape index (κ3) is 3.73. The number of aromatic hydroxyl groups is 1. The Bertz CT molecular complexity index is 596. The number of phenols is 1. The fraction of sp³-hybridized carbons (Fsp3) is 0.133. The van der Waals surface area contributed by atoms with Crippen LogP contribution in [0.25, 0.3) is 0 Å². The van der Waals surface area contributed by atoms with E-state index in [-0.39, 0.29) is 5.75 Å². The minimum absolute atomic E-state index is 0.166. The van der Waals surface area contributed by atoms with Crippen molar-refractivity contribution in [2.24, 2.45) is 4.99 Å². The summed E-state index contributed by atoms with van der Waals surface area (Å²) in [6.45, 7) is 0.517. The van der Waals surface area contributed by atoms with Crippen LogP contribution in [0, 0.1) is 0 Å². The van der Waals surface area contributed by atoms with Gasteiger partial charge in [0, 0.05) is 16.8 Å². The van der Waals surface area contributed by atoms with Crippen molar-refractivity contribution in [2.45, 2.75) is 6.54 Å². The molecule has 1 N–H and O–H groups in total. The lowest BCUT2D eigenvalue weighted by Gasteiger charge is -2.02. The molecule has 3 nitrogen and oxygen atoms in total. The highest BCUT2D eigenvalue weighted by atomic mass is 35.5. The lowest BCUT2D eigenvalue weighted by Crippen LogP contribution is -1.88. The summed E-state index contributed by atoms with van der Waals surface area (Å²) in [6, 6.07) is 12.6. The largest absolute Gasteiger partial charge is 0.507 e. The van der Waals surface area contributed by atoms with Gasteiger partial charge < -0.3 is 9.84 Å². The Morgan fingerprint density at radius 2 is 2.11 bits per heavy atom. The van der Waals surface area contributed by atoms with E-state index in [0.29, 0.717) is 17.1 Å². The Morgan fingerprint density at radius 1 is 1.26 bits per heavy atom. The van der Waals surface area contributed by atoms with Crippen LogP contribution in [0.2, 0.25) is 5.02 Å². The molecule has 19 heavy (non-hydrogen) atoms. The zero-order valence-electron chi connectivity index (χ0n) is 10.5. The smallest absolute Gasteiger partial charge is 0.124 e. The van der Waals surface area contributed by atoms with Crippen molar-refractivity contribution in [1.82, 2.24) is 0 Å². The Kier molecular flexibility index (Phi) is 4.42. The molecule has 2 rings (SSSR count). The van der Waals surface area contributed by atoms with Crippen LogP contribution in [-0.4, -0.2) is 18.4 Å². The highest BCUT2D eigenvalue weighted by Gasteiger charge is 1.99. The molecule has 98 valence electrons. The molecule has 0 amide bonds. The normalized spacial score (nSPS) is 10.8. The van der Waals surface area contributed by atoms with E-state index in [9.17, 15) is 5.11 Å².